The fourth-order valence-electron chi connectivity index (χ4n) is 1.61. The van der Waals surface area contributed by atoms with Crippen molar-refractivity contribution in [2.75, 3.05) is 7.11 Å². The SMILES string of the molecule is COc1ccc(-c2ccc(F)cc2)c(CO)n1. The molecule has 0 saturated carbocycles. The summed E-state index contributed by atoms with van der Waals surface area (Å²) in [6.07, 6.45) is 0. The molecule has 0 bridgehead atoms. The van der Waals surface area contributed by atoms with E-state index in [0.29, 0.717) is 11.6 Å². The maximum Gasteiger partial charge on any atom is 0.213 e. The van der Waals surface area contributed by atoms with E-state index in [1.54, 1.807) is 24.3 Å². The highest BCUT2D eigenvalue weighted by molar-refractivity contribution is 5.66. The number of benzene rings is 1. The Kier molecular flexibility index (Phi) is 3.35. The molecule has 1 aromatic carbocycles. The number of ether oxygens (including phenoxy) is 1. The van der Waals surface area contributed by atoms with Gasteiger partial charge in [-0.15, -0.1) is 0 Å². The standard InChI is InChI=1S/C13H12FNO2/c1-17-13-7-6-11(12(8-16)15-13)9-2-4-10(14)5-3-9/h2-7,16H,8H2,1H3. The zero-order chi connectivity index (χ0) is 12.3. The summed E-state index contributed by atoms with van der Waals surface area (Å²) in [5.41, 5.74) is 2.09. The predicted octanol–water partition coefficient (Wildman–Crippen LogP) is 2.39. The molecule has 4 heteroatoms. The van der Waals surface area contributed by atoms with Gasteiger partial charge in [0.2, 0.25) is 5.88 Å². The van der Waals surface area contributed by atoms with Crippen LogP contribution in [0.25, 0.3) is 11.1 Å². The van der Waals surface area contributed by atoms with Crippen molar-refractivity contribution in [2.24, 2.45) is 0 Å². The van der Waals surface area contributed by atoms with E-state index in [9.17, 15) is 9.50 Å². The van der Waals surface area contributed by atoms with Crippen molar-refractivity contribution in [3.63, 3.8) is 0 Å². The maximum atomic E-state index is 12.8. The van der Waals surface area contributed by atoms with Crippen LogP contribution in [0.1, 0.15) is 5.69 Å². The molecular formula is C13H12FNO2. The van der Waals surface area contributed by atoms with E-state index in [4.69, 9.17) is 4.74 Å². The average Bonchev–Trinajstić information content (AvgIpc) is 2.39. The minimum absolute atomic E-state index is 0.191. The largest absolute Gasteiger partial charge is 0.481 e. The molecule has 0 atom stereocenters. The number of nitrogens with zero attached hydrogens (tertiary/aromatic N) is 1. The van der Waals surface area contributed by atoms with Crippen molar-refractivity contribution in [1.82, 2.24) is 4.98 Å². The van der Waals surface area contributed by atoms with Crippen LogP contribution in [-0.2, 0) is 6.61 Å². The first-order chi connectivity index (χ1) is 8.24. The third-order valence-corrected chi connectivity index (χ3v) is 2.46. The molecule has 0 aliphatic rings. The van der Waals surface area contributed by atoms with Gasteiger partial charge in [0.25, 0.3) is 0 Å². The molecule has 0 fully saturated rings. The highest BCUT2D eigenvalue weighted by Crippen LogP contribution is 2.25. The Bertz CT molecular complexity index is 511. The summed E-state index contributed by atoms with van der Waals surface area (Å²) in [5, 5.41) is 9.26. The third-order valence-electron chi connectivity index (χ3n) is 2.46. The fraction of sp³-hybridized carbons (Fsp3) is 0.154. The van der Waals surface area contributed by atoms with E-state index >= 15 is 0 Å². The van der Waals surface area contributed by atoms with Gasteiger partial charge < -0.3 is 9.84 Å². The number of pyridine rings is 1. The normalized spacial score (nSPS) is 10.3. The molecule has 1 heterocycles. The van der Waals surface area contributed by atoms with E-state index in [1.165, 1.54) is 19.2 Å². The lowest BCUT2D eigenvalue weighted by Crippen LogP contribution is -1.97. The Balaban J connectivity index is 2.47. The lowest BCUT2D eigenvalue weighted by Gasteiger charge is -2.08. The second-order valence-corrected chi connectivity index (χ2v) is 3.51. The summed E-state index contributed by atoms with van der Waals surface area (Å²) in [7, 11) is 1.51. The molecule has 88 valence electrons. The Morgan fingerprint density at radius 1 is 1.18 bits per heavy atom. The molecule has 0 spiro atoms. The van der Waals surface area contributed by atoms with E-state index in [1.807, 2.05) is 0 Å². The predicted molar refractivity (Wildman–Crippen MR) is 62.1 cm³/mol. The number of hydrogen-bond donors (Lipinski definition) is 1. The van der Waals surface area contributed by atoms with Gasteiger partial charge in [0, 0.05) is 11.6 Å². The second kappa shape index (κ2) is 4.93. The molecule has 0 amide bonds. The number of aliphatic hydroxyl groups is 1. The molecule has 0 radical (unpaired) electrons. The number of aliphatic hydroxyl groups excluding tert-OH is 1. The number of hydrogen-bond acceptors (Lipinski definition) is 3. The van der Waals surface area contributed by atoms with E-state index < -0.39 is 0 Å². The highest BCUT2D eigenvalue weighted by atomic mass is 19.1. The Morgan fingerprint density at radius 3 is 2.47 bits per heavy atom. The van der Waals surface area contributed by atoms with Crippen molar-refractivity contribution in [3.8, 4) is 17.0 Å². The van der Waals surface area contributed by atoms with Crippen LogP contribution in [0.2, 0.25) is 0 Å². The average molecular weight is 233 g/mol. The van der Waals surface area contributed by atoms with Gasteiger partial charge in [0.05, 0.1) is 19.4 Å². The van der Waals surface area contributed by atoms with Gasteiger partial charge in [0.15, 0.2) is 0 Å². The van der Waals surface area contributed by atoms with Crippen molar-refractivity contribution in [1.29, 1.82) is 0 Å². The Morgan fingerprint density at radius 2 is 1.88 bits per heavy atom. The maximum absolute atomic E-state index is 12.8. The summed E-state index contributed by atoms with van der Waals surface area (Å²) in [6.45, 7) is -0.191. The molecule has 2 rings (SSSR count). The van der Waals surface area contributed by atoms with Gasteiger partial charge in [0.1, 0.15) is 5.82 Å². The molecule has 2 aromatic rings. The summed E-state index contributed by atoms with van der Waals surface area (Å²) in [5.74, 6) is 0.153. The van der Waals surface area contributed by atoms with Gasteiger partial charge >= 0.3 is 0 Å². The van der Waals surface area contributed by atoms with Gasteiger partial charge in [-0.2, -0.15) is 0 Å². The van der Waals surface area contributed by atoms with Crippen LogP contribution < -0.4 is 4.74 Å². The fourth-order valence-corrected chi connectivity index (χ4v) is 1.61. The molecular weight excluding hydrogens is 221 g/mol. The second-order valence-electron chi connectivity index (χ2n) is 3.51. The Labute approximate surface area is 98.5 Å². The topological polar surface area (TPSA) is 42.4 Å². The molecule has 0 aliphatic heterocycles. The van der Waals surface area contributed by atoms with Crippen LogP contribution >= 0.6 is 0 Å². The van der Waals surface area contributed by atoms with Crippen LogP contribution in [0, 0.1) is 5.82 Å². The minimum atomic E-state index is -0.291. The summed E-state index contributed by atoms with van der Waals surface area (Å²) < 4.78 is 17.8. The minimum Gasteiger partial charge on any atom is -0.481 e. The first kappa shape index (κ1) is 11.5. The number of rotatable bonds is 3. The molecule has 3 nitrogen and oxygen atoms in total. The highest BCUT2D eigenvalue weighted by Gasteiger charge is 2.07. The van der Waals surface area contributed by atoms with Crippen molar-refractivity contribution >= 4 is 0 Å². The number of methoxy groups -OCH3 is 1. The smallest absolute Gasteiger partial charge is 0.213 e. The molecule has 17 heavy (non-hydrogen) atoms. The number of halogens is 1. The van der Waals surface area contributed by atoms with Crippen molar-refractivity contribution in [2.45, 2.75) is 6.61 Å². The van der Waals surface area contributed by atoms with E-state index in [-0.39, 0.29) is 12.4 Å². The van der Waals surface area contributed by atoms with Crippen LogP contribution in [0.3, 0.4) is 0 Å². The lowest BCUT2D eigenvalue weighted by atomic mass is 10.0. The molecule has 0 unspecified atom stereocenters. The summed E-state index contributed by atoms with van der Waals surface area (Å²) in [4.78, 5) is 4.14. The number of aromatic nitrogens is 1. The van der Waals surface area contributed by atoms with Gasteiger partial charge in [-0.25, -0.2) is 9.37 Å². The first-order valence-electron chi connectivity index (χ1n) is 5.15. The lowest BCUT2D eigenvalue weighted by molar-refractivity contribution is 0.275. The van der Waals surface area contributed by atoms with Crippen LogP contribution in [0.5, 0.6) is 5.88 Å². The molecule has 0 aliphatic carbocycles. The first-order valence-corrected chi connectivity index (χ1v) is 5.15. The van der Waals surface area contributed by atoms with E-state index in [2.05, 4.69) is 4.98 Å². The molecule has 1 N–H and O–H groups in total. The van der Waals surface area contributed by atoms with Crippen LogP contribution in [0.15, 0.2) is 36.4 Å². The Hall–Kier alpha value is -1.94. The zero-order valence-corrected chi connectivity index (χ0v) is 9.35. The molecule has 1 aromatic heterocycles. The van der Waals surface area contributed by atoms with Crippen LogP contribution in [0.4, 0.5) is 4.39 Å². The summed E-state index contributed by atoms with van der Waals surface area (Å²) >= 11 is 0. The van der Waals surface area contributed by atoms with Gasteiger partial charge in [-0.05, 0) is 23.8 Å². The monoisotopic (exact) mass is 233 g/mol. The zero-order valence-electron chi connectivity index (χ0n) is 9.35. The van der Waals surface area contributed by atoms with Crippen LogP contribution in [-0.4, -0.2) is 17.2 Å². The summed E-state index contributed by atoms with van der Waals surface area (Å²) in [6, 6.07) is 9.56. The van der Waals surface area contributed by atoms with E-state index in [0.717, 1.165) is 11.1 Å². The van der Waals surface area contributed by atoms with Crippen molar-refractivity contribution < 1.29 is 14.2 Å². The third kappa shape index (κ3) is 2.42. The quantitative estimate of drug-likeness (QED) is 0.885. The van der Waals surface area contributed by atoms with Gasteiger partial charge in [-0.3, -0.25) is 0 Å². The molecule has 0 saturated heterocycles. The van der Waals surface area contributed by atoms with Crippen molar-refractivity contribution in [3.05, 3.63) is 47.9 Å². The van der Waals surface area contributed by atoms with Gasteiger partial charge in [-0.1, -0.05) is 12.1 Å².